The van der Waals surface area contributed by atoms with E-state index in [1.807, 2.05) is 39.0 Å². The van der Waals surface area contributed by atoms with E-state index >= 15 is 0 Å². The second-order valence-corrected chi connectivity index (χ2v) is 10.8. The first-order valence-corrected chi connectivity index (χ1v) is 12.3. The van der Waals surface area contributed by atoms with E-state index < -0.39 is 15.4 Å². The molecule has 0 N–H and O–H groups in total. The van der Waals surface area contributed by atoms with Gasteiger partial charge in [0.2, 0.25) is 0 Å². The van der Waals surface area contributed by atoms with Gasteiger partial charge in [0.15, 0.2) is 0 Å². The lowest BCUT2D eigenvalue weighted by Gasteiger charge is -2.27. The molecule has 0 spiro atoms. The molecule has 2 aromatic heterocycles. The molecule has 0 aliphatic heterocycles. The van der Waals surface area contributed by atoms with Crippen molar-refractivity contribution in [3.8, 4) is 0 Å². The summed E-state index contributed by atoms with van der Waals surface area (Å²) in [6, 6.07) is 5.98. The number of halogens is 1. The van der Waals surface area contributed by atoms with Crippen molar-refractivity contribution < 1.29 is 17.9 Å². The Hall–Kier alpha value is -1.55. The van der Waals surface area contributed by atoms with Gasteiger partial charge in [-0.05, 0) is 39.0 Å². The molecule has 3 aromatic rings. The lowest BCUT2D eigenvalue weighted by Crippen LogP contribution is -2.33. The van der Waals surface area contributed by atoms with E-state index in [2.05, 4.69) is 25.5 Å². The number of sulfone groups is 1. The van der Waals surface area contributed by atoms with Gasteiger partial charge in [0.1, 0.15) is 27.8 Å². The van der Waals surface area contributed by atoms with Gasteiger partial charge >= 0.3 is 0 Å². The average molecular weight is 484 g/mol. The smallest absolute Gasteiger partial charge is 0.149 e. The Morgan fingerprint density at radius 2 is 2.00 bits per heavy atom. The fourth-order valence-electron chi connectivity index (χ4n) is 3.21. The first kappa shape index (κ1) is 22.1. The number of aromatic nitrogens is 3. The summed E-state index contributed by atoms with van der Waals surface area (Å²) >= 11 is 3.50. The first-order valence-electron chi connectivity index (χ1n) is 9.42. The predicted molar refractivity (Wildman–Crippen MR) is 118 cm³/mol. The highest BCUT2D eigenvalue weighted by Crippen LogP contribution is 2.29. The van der Waals surface area contributed by atoms with Gasteiger partial charge in [-0.3, -0.25) is 4.98 Å². The SMILES string of the molecule is CCOCc1nc2cnc3cc(Br)ccc3c2n1CC(C)(C)OCCS(C)(=O)=O. The zero-order valence-corrected chi connectivity index (χ0v) is 19.5. The van der Waals surface area contributed by atoms with Gasteiger partial charge in [0, 0.05) is 22.7 Å². The van der Waals surface area contributed by atoms with E-state index in [9.17, 15) is 8.42 Å². The Labute approximate surface area is 179 Å². The molecule has 2 heterocycles. The summed E-state index contributed by atoms with van der Waals surface area (Å²) in [5.74, 6) is 0.784. The van der Waals surface area contributed by atoms with Crippen LogP contribution in [0.4, 0.5) is 0 Å². The van der Waals surface area contributed by atoms with E-state index in [4.69, 9.17) is 14.5 Å². The molecule has 0 aliphatic rings. The number of nitrogens with zero attached hydrogens (tertiary/aromatic N) is 3. The molecule has 0 radical (unpaired) electrons. The summed E-state index contributed by atoms with van der Waals surface area (Å²) in [6.45, 7) is 7.46. The monoisotopic (exact) mass is 483 g/mol. The maximum Gasteiger partial charge on any atom is 0.149 e. The lowest BCUT2D eigenvalue weighted by atomic mass is 10.1. The Morgan fingerprint density at radius 1 is 1.24 bits per heavy atom. The number of benzene rings is 1. The predicted octanol–water partition coefficient (Wildman–Crippen LogP) is 3.72. The minimum absolute atomic E-state index is 0.00616. The van der Waals surface area contributed by atoms with E-state index in [-0.39, 0.29) is 12.4 Å². The molecule has 158 valence electrons. The van der Waals surface area contributed by atoms with E-state index in [0.717, 1.165) is 32.2 Å². The maximum absolute atomic E-state index is 11.4. The van der Waals surface area contributed by atoms with Gasteiger partial charge in [-0.2, -0.15) is 0 Å². The molecule has 0 bridgehead atoms. The highest BCUT2D eigenvalue weighted by molar-refractivity contribution is 9.10. The molecule has 3 rings (SSSR count). The molecule has 0 atom stereocenters. The molecule has 1 aromatic carbocycles. The van der Waals surface area contributed by atoms with Crippen molar-refractivity contribution in [3.05, 3.63) is 34.7 Å². The quantitative estimate of drug-likeness (QED) is 0.461. The van der Waals surface area contributed by atoms with Crippen LogP contribution in [0.1, 0.15) is 26.6 Å². The highest BCUT2D eigenvalue weighted by atomic mass is 79.9. The van der Waals surface area contributed by atoms with E-state index in [0.29, 0.717) is 19.8 Å². The van der Waals surface area contributed by atoms with Gasteiger partial charge in [0.25, 0.3) is 0 Å². The molecule has 0 fully saturated rings. The number of pyridine rings is 1. The zero-order valence-electron chi connectivity index (χ0n) is 17.1. The number of imidazole rings is 1. The Balaban J connectivity index is 2.03. The van der Waals surface area contributed by atoms with Gasteiger partial charge in [0.05, 0.1) is 41.7 Å². The van der Waals surface area contributed by atoms with Crippen LogP contribution in [0.3, 0.4) is 0 Å². The minimum Gasteiger partial charge on any atom is -0.374 e. The van der Waals surface area contributed by atoms with Gasteiger partial charge in [-0.15, -0.1) is 0 Å². The van der Waals surface area contributed by atoms with Crippen molar-refractivity contribution in [2.24, 2.45) is 0 Å². The molecule has 9 heteroatoms. The molecule has 0 saturated heterocycles. The molecule has 0 saturated carbocycles. The minimum atomic E-state index is -3.07. The number of rotatable bonds is 9. The first-order chi connectivity index (χ1) is 13.6. The van der Waals surface area contributed by atoms with Gasteiger partial charge < -0.3 is 14.0 Å². The van der Waals surface area contributed by atoms with Crippen LogP contribution < -0.4 is 0 Å². The van der Waals surface area contributed by atoms with Crippen molar-refractivity contribution in [2.45, 2.75) is 39.5 Å². The van der Waals surface area contributed by atoms with Crippen LogP contribution >= 0.6 is 15.9 Å². The standard InChI is InChI=1S/C20H26BrN3O4S/c1-5-27-12-18-23-17-11-22-16-10-14(21)6-7-15(16)19(17)24(18)13-20(2,3)28-8-9-29(4,25)26/h6-7,10-11H,5,8-9,12-13H2,1-4H3. The third-order valence-electron chi connectivity index (χ3n) is 4.54. The normalized spacial score (nSPS) is 12.9. The average Bonchev–Trinajstić information content (AvgIpc) is 2.95. The number of fused-ring (bicyclic) bond motifs is 3. The van der Waals surface area contributed by atoms with Crippen LogP contribution in [0.25, 0.3) is 21.9 Å². The number of hydrogen-bond donors (Lipinski definition) is 0. The lowest BCUT2D eigenvalue weighted by molar-refractivity contribution is -0.0219. The summed E-state index contributed by atoms with van der Waals surface area (Å²) < 4.78 is 37.5. The van der Waals surface area contributed by atoms with Crippen LogP contribution in [0, 0.1) is 0 Å². The molecular weight excluding hydrogens is 458 g/mol. The number of ether oxygens (including phenoxy) is 2. The largest absolute Gasteiger partial charge is 0.374 e. The molecule has 0 unspecified atom stereocenters. The van der Waals surface area contributed by atoms with Crippen molar-refractivity contribution in [3.63, 3.8) is 0 Å². The fraction of sp³-hybridized carbons (Fsp3) is 0.500. The highest BCUT2D eigenvalue weighted by Gasteiger charge is 2.24. The van der Waals surface area contributed by atoms with Crippen molar-refractivity contribution in [1.29, 1.82) is 0 Å². The third kappa shape index (κ3) is 5.53. The molecular formula is C20H26BrN3O4S. The van der Waals surface area contributed by atoms with Gasteiger partial charge in [-0.1, -0.05) is 15.9 Å². The topological polar surface area (TPSA) is 83.3 Å². The van der Waals surface area contributed by atoms with Crippen molar-refractivity contribution >= 4 is 47.7 Å². The summed E-state index contributed by atoms with van der Waals surface area (Å²) in [5.41, 5.74) is 2.04. The second kappa shape index (κ2) is 8.67. The Bertz CT molecular complexity index is 1130. The Kier molecular flexibility index (Phi) is 6.62. The fourth-order valence-corrected chi connectivity index (χ4v) is 3.94. The zero-order chi connectivity index (χ0) is 21.2. The molecule has 0 aliphatic carbocycles. The summed E-state index contributed by atoms with van der Waals surface area (Å²) in [5, 5.41) is 0.993. The molecule has 29 heavy (non-hydrogen) atoms. The summed E-state index contributed by atoms with van der Waals surface area (Å²) in [6.07, 6.45) is 2.98. The van der Waals surface area contributed by atoms with Gasteiger partial charge in [-0.25, -0.2) is 13.4 Å². The van der Waals surface area contributed by atoms with Crippen LogP contribution in [-0.4, -0.2) is 53.8 Å². The second-order valence-electron chi connectivity index (χ2n) is 7.64. The third-order valence-corrected chi connectivity index (χ3v) is 5.94. The molecule has 0 amide bonds. The van der Waals surface area contributed by atoms with Crippen LogP contribution in [-0.2, 0) is 32.5 Å². The van der Waals surface area contributed by atoms with Crippen LogP contribution in [0.2, 0.25) is 0 Å². The van der Waals surface area contributed by atoms with Crippen LogP contribution in [0.15, 0.2) is 28.9 Å². The maximum atomic E-state index is 11.4. The van der Waals surface area contributed by atoms with E-state index in [1.54, 1.807) is 6.20 Å². The van der Waals surface area contributed by atoms with Crippen molar-refractivity contribution in [1.82, 2.24) is 14.5 Å². The summed E-state index contributed by atoms with van der Waals surface area (Å²) in [7, 11) is -3.07. The van der Waals surface area contributed by atoms with E-state index in [1.165, 1.54) is 6.26 Å². The molecule has 7 nitrogen and oxygen atoms in total. The van der Waals surface area contributed by atoms with Crippen molar-refractivity contribution in [2.75, 3.05) is 25.2 Å². The van der Waals surface area contributed by atoms with Crippen LogP contribution in [0.5, 0.6) is 0 Å². The number of hydrogen-bond acceptors (Lipinski definition) is 6. The summed E-state index contributed by atoms with van der Waals surface area (Å²) in [4.78, 5) is 9.27. The Morgan fingerprint density at radius 3 is 2.69 bits per heavy atom.